The topological polar surface area (TPSA) is 54.9 Å². The molecule has 1 aromatic heterocycles. The molecular weight excluding hydrogens is 258 g/mol. The van der Waals surface area contributed by atoms with Gasteiger partial charge in [0, 0.05) is 41.3 Å². The number of nitrogens with zero attached hydrogens (tertiary/aromatic N) is 2. The molecule has 1 rings (SSSR count). The average molecular weight is 276 g/mol. The van der Waals surface area contributed by atoms with Crippen molar-refractivity contribution < 1.29 is 4.21 Å². The van der Waals surface area contributed by atoms with Crippen LogP contribution < -0.4 is 5.32 Å². The van der Waals surface area contributed by atoms with Crippen molar-refractivity contribution in [3.63, 3.8) is 0 Å². The van der Waals surface area contributed by atoms with E-state index >= 15 is 0 Å². The Morgan fingerprint density at radius 3 is 2.82 bits per heavy atom. The largest absolute Gasteiger partial charge is 0.369 e. The van der Waals surface area contributed by atoms with Crippen LogP contribution in [0, 0.1) is 0 Å². The number of anilines is 1. The molecule has 0 radical (unpaired) electrons. The Hall–Kier alpha value is -0.680. The maximum absolute atomic E-state index is 11.2. The quantitative estimate of drug-likeness (QED) is 0.809. The fourth-order valence-electron chi connectivity index (χ4n) is 1.26. The Bertz CT molecular complexity index is 400. The predicted molar refractivity (Wildman–Crippen MR) is 73.1 cm³/mol. The van der Waals surface area contributed by atoms with E-state index in [1.807, 2.05) is 6.92 Å². The summed E-state index contributed by atoms with van der Waals surface area (Å²) in [7, 11) is -0.837. The van der Waals surface area contributed by atoms with E-state index in [1.165, 1.54) is 0 Å². The van der Waals surface area contributed by atoms with Crippen LogP contribution in [0.1, 0.15) is 26.1 Å². The zero-order chi connectivity index (χ0) is 12.8. The molecule has 0 saturated heterocycles. The fraction of sp³-hybridized carbons (Fsp3) is 0.636. The van der Waals surface area contributed by atoms with Crippen LogP contribution in [0.25, 0.3) is 0 Å². The zero-order valence-corrected chi connectivity index (χ0v) is 11.9. The lowest BCUT2D eigenvalue weighted by atomic mass is 10.3. The smallest absolute Gasteiger partial charge is 0.134 e. The van der Waals surface area contributed by atoms with Crippen LogP contribution in [-0.2, 0) is 17.2 Å². The number of aromatic nitrogens is 2. The fourth-order valence-corrected chi connectivity index (χ4v) is 1.78. The summed E-state index contributed by atoms with van der Waals surface area (Å²) in [6.07, 6.45) is 3.49. The van der Waals surface area contributed by atoms with Gasteiger partial charge in [-0.2, -0.15) is 0 Å². The molecular formula is C11H18ClN3OS. The molecule has 0 aromatic carbocycles. The van der Waals surface area contributed by atoms with Crippen molar-refractivity contribution in [3.05, 3.63) is 17.0 Å². The number of rotatable bonds is 6. The van der Waals surface area contributed by atoms with Gasteiger partial charge in [-0.1, -0.05) is 18.5 Å². The number of halogens is 1. The SMILES string of the molecule is CCCc1nc(Cl)cc(NCC(C)S(C)=O)n1. The van der Waals surface area contributed by atoms with Crippen LogP contribution in [0.3, 0.4) is 0 Å². The minimum Gasteiger partial charge on any atom is -0.369 e. The van der Waals surface area contributed by atoms with E-state index < -0.39 is 10.8 Å². The predicted octanol–water partition coefficient (Wildman–Crippen LogP) is 2.26. The minimum atomic E-state index is -0.837. The summed E-state index contributed by atoms with van der Waals surface area (Å²) in [4.78, 5) is 8.49. The average Bonchev–Trinajstić information content (AvgIpc) is 2.25. The second-order valence-electron chi connectivity index (χ2n) is 3.93. The van der Waals surface area contributed by atoms with E-state index in [1.54, 1.807) is 12.3 Å². The number of hydrogen-bond donors (Lipinski definition) is 1. The molecule has 0 aliphatic carbocycles. The molecule has 17 heavy (non-hydrogen) atoms. The van der Waals surface area contributed by atoms with Gasteiger partial charge in [0.15, 0.2) is 0 Å². The third-order valence-corrected chi connectivity index (χ3v) is 3.85. The van der Waals surface area contributed by atoms with E-state index in [4.69, 9.17) is 11.6 Å². The Labute approximate surface area is 110 Å². The van der Waals surface area contributed by atoms with Gasteiger partial charge in [-0.3, -0.25) is 4.21 Å². The molecule has 2 unspecified atom stereocenters. The van der Waals surface area contributed by atoms with Crippen LogP contribution in [0.2, 0.25) is 5.15 Å². The summed E-state index contributed by atoms with van der Waals surface area (Å²) in [5, 5.41) is 3.66. The molecule has 1 heterocycles. The number of aryl methyl sites for hydroxylation is 1. The van der Waals surface area contributed by atoms with E-state index in [9.17, 15) is 4.21 Å². The van der Waals surface area contributed by atoms with Crippen molar-refractivity contribution in [2.75, 3.05) is 18.1 Å². The van der Waals surface area contributed by atoms with E-state index in [0.717, 1.165) is 18.7 Å². The summed E-state index contributed by atoms with van der Waals surface area (Å²) in [5.74, 6) is 1.44. The molecule has 0 saturated carbocycles. The second kappa shape index (κ2) is 6.91. The molecule has 6 heteroatoms. The number of nitrogens with one attached hydrogen (secondary N) is 1. The highest BCUT2D eigenvalue weighted by Gasteiger charge is 2.07. The van der Waals surface area contributed by atoms with E-state index in [-0.39, 0.29) is 5.25 Å². The van der Waals surface area contributed by atoms with E-state index in [0.29, 0.717) is 17.5 Å². The summed E-state index contributed by atoms with van der Waals surface area (Å²) >= 11 is 5.91. The highest BCUT2D eigenvalue weighted by molar-refractivity contribution is 7.84. The third-order valence-electron chi connectivity index (χ3n) is 2.35. The van der Waals surface area contributed by atoms with Crippen LogP contribution in [0.15, 0.2) is 6.07 Å². The maximum atomic E-state index is 11.2. The van der Waals surface area contributed by atoms with Crippen LogP contribution >= 0.6 is 11.6 Å². The van der Waals surface area contributed by atoms with Gasteiger partial charge in [0.2, 0.25) is 0 Å². The van der Waals surface area contributed by atoms with Crippen LogP contribution in [0.5, 0.6) is 0 Å². The van der Waals surface area contributed by atoms with E-state index in [2.05, 4.69) is 22.2 Å². The van der Waals surface area contributed by atoms with Gasteiger partial charge >= 0.3 is 0 Å². The molecule has 2 atom stereocenters. The Morgan fingerprint density at radius 1 is 1.53 bits per heavy atom. The first-order valence-corrected chi connectivity index (χ1v) is 7.62. The molecule has 96 valence electrons. The van der Waals surface area contributed by atoms with Crippen molar-refractivity contribution in [2.24, 2.45) is 0 Å². The van der Waals surface area contributed by atoms with Crippen molar-refractivity contribution in [1.82, 2.24) is 9.97 Å². The lowest BCUT2D eigenvalue weighted by molar-refractivity contribution is 0.678. The Morgan fingerprint density at radius 2 is 2.24 bits per heavy atom. The second-order valence-corrected chi connectivity index (χ2v) is 6.12. The first-order valence-electron chi connectivity index (χ1n) is 5.62. The van der Waals surface area contributed by atoms with Gasteiger partial charge in [0.05, 0.1) is 0 Å². The Balaban J connectivity index is 2.67. The summed E-state index contributed by atoms with van der Waals surface area (Å²) in [6, 6.07) is 1.69. The number of hydrogen-bond acceptors (Lipinski definition) is 4. The monoisotopic (exact) mass is 275 g/mol. The molecule has 1 N–H and O–H groups in total. The van der Waals surface area contributed by atoms with Crippen molar-refractivity contribution >= 4 is 28.2 Å². The van der Waals surface area contributed by atoms with Gasteiger partial charge in [0.1, 0.15) is 16.8 Å². The lowest BCUT2D eigenvalue weighted by Crippen LogP contribution is -2.21. The Kier molecular flexibility index (Phi) is 5.85. The van der Waals surface area contributed by atoms with Gasteiger partial charge < -0.3 is 5.32 Å². The molecule has 4 nitrogen and oxygen atoms in total. The molecule has 0 fully saturated rings. The normalized spacial score (nSPS) is 14.4. The van der Waals surface area contributed by atoms with Gasteiger partial charge in [0.25, 0.3) is 0 Å². The van der Waals surface area contributed by atoms with Crippen molar-refractivity contribution in [3.8, 4) is 0 Å². The van der Waals surface area contributed by atoms with Crippen molar-refractivity contribution in [1.29, 1.82) is 0 Å². The van der Waals surface area contributed by atoms with Gasteiger partial charge in [-0.25, -0.2) is 9.97 Å². The minimum absolute atomic E-state index is 0.0818. The van der Waals surface area contributed by atoms with Crippen LogP contribution in [-0.4, -0.2) is 32.2 Å². The first-order chi connectivity index (χ1) is 8.02. The van der Waals surface area contributed by atoms with Crippen molar-refractivity contribution in [2.45, 2.75) is 31.9 Å². The lowest BCUT2D eigenvalue weighted by Gasteiger charge is -2.11. The molecule has 0 aliphatic rings. The van der Waals surface area contributed by atoms with Gasteiger partial charge in [-0.15, -0.1) is 0 Å². The molecule has 1 aromatic rings. The summed E-state index contributed by atoms with van der Waals surface area (Å²) < 4.78 is 11.2. The first kappa shape index (κ1) is 14.4. The van der Waals surface area contributed by atoms with Gasteiger partial charge in [-0.05, 0) is 13.3 Å². The summed E-state index contributed by atoms with van der Waals surface area (Å²) in [5.41, 5.74) is 0. The van der Waals surface area contributed by atoms with Crippen LogP contribution in [0.4, 0.5) is 5.82 Å². The maximum Gasteiger partial charge on any atom is 0.134 e. The molecule has 0 aliphatic heterocycles. The zero-order valence-electron chi connectivity index (χ0n) is 10.4. The highest BCUT2D eigenvalue weighted by Crippen LogP contribution is 2.12. The molecule has 0 bridgehead atoms. The summed E-state index contributed by atoms with van der Waals surface area (Å²) in [6.45, 7) is 4.61. The molecule has 0 amide bonds. The standard InChI is InChI=1S/C11H18ClN3OS/c1-4-5-10-14-9(12)6-11(15-10)13-7-8(2)17(3)16/h6,8H,4-5,7H2,1-3H3,(H,13,14,15). The molecule has 0 spiro atoms. The highest BCUT2D eigenvalue weighted by atomic mass is 35.5. The third kappa shape index (κ3) is 5.00.